The first-order chi connectivity index (χ1) is 15.3. The number of nitrogens with one attached hydrogen (secondary N) is 1. The van der Waals surface area contributed by atoms with E-state index in [1.54, 1.807) is 17.4 Å². The van der Waals surface area contributed by atoms with Crippen molar-refractivity contribution in [3.05, 3.63) is 76.8 Å². The van der Waals surface area contributed by atoms with Gasteiger partial charge in [-0.25, -0.2) is 4.98 Å². The Labute approximate surface area is 184 Å². The number of benzene rings is 1. The molecule has 1 fully saturated rings. The van der Waals surface area contributed by atoms with Crippen molar-refractivity contribution >= 4 is 34.1 Å². The number of pyridine rings is 1. The highest BCUT2D eigenvalue weighted by molar-refractivity contribution is 7.09. The number of aromatic nitrogens is 4. The molecule has 7 nitrogen and oxygen atoms in total. The van der Waals surface area contributed by atoms with Crippen molar-refractivity contribution in [1.82, 2.24) is 19.9 Å². The highest BCUT2D eigenvalue weighted by Crippen LogP contribution is 2.47. The lowest BCUT2D eigenvalue weighted by Gasteiger charge is -2.09. The summed E-state index contributed by atoms with van der Waals surface area (Å²) in [5, 5.41) is 4.46. The van der Waals surface area contributed by atoms with Crippen LogP contribution >= 0.6 is 11.3 Å². The Hall–Kier alpha value is -3.52. The van der Waals surface area contributed by atoms with Gasteiger partial charge in [0.25, 0.3) is 0 Å². The van der Waals surface area contributed by atoms with Gasteiger partial charge in [-0.15, -0.1) is 11.3 Å². The van der Waals surface area contributed by atoms with E-state index in [1.807, 2.05) is 29.9 Å². The van der Waals surface area contributed by atoms with Crippen LogP contribution in [0.1, 0.15) is 28.7 Å². The molecule has 1 aromatic carbocycles. The Morgan fingerprint density at radius 3 is 2.97 bits per heavy atom. The van der Waals surface area contributed by atoms with Gasteiger partial charge in [-0.1, -0.05) is 24.3 Å². The van der Waals surface area contributed by atoms with Gasteiger partial charge in [0.2, 0.25) is 5.88 Å². The third-order valence-electron chi connectivity index (χ3n) is 5.26. The fourth-order valence-corrected chi connectivity index (χ4v) is 4.08. The van der Waals surface area contributed by atoms with Crippen molar-refractivity contribution in [2.45, 2.75) is 18.9 Å². The van der Waals surface area contributed by atoms with Crippen LogP contribution in [-0.2, 0) is 6.54 Å². The SMILES string of the molecule is NC=Cc1nc(NCc2cncs2)cc(OC[C@H]2C[C@@H]2c2ccc3ccccc3n2)n1. The first-order valence-corrected chi connectivity index (χ1v) is 11.0. The molecule has 5 rings (SSSR count). The summed E-state index contributed by atoms with van der Waals surface area (Å²) >= 11 is 1.59. The molecule has 3 heterocycles. The molecule has 156 valence electrons. The van der Waals surface area contributed by atoms with E-state index in [9.17, 15) is 0 Å². The van der Waals surface area contributed by atoms with Crippen LogP contribution < -0.4 is 15.8 Å². The lowest BCUT2D eigenvalue weighted by Crippen LogP contribution is -2.07. The summed E-state index contributed by atoms with van der Waals surface area (Å²) in [6.07, 6.45) is 5.99. The van der Waals surface area contributed by atoms with Crippen LogP contribution in [0.15, 0.2) is 60.4 Å². The Kier molecular flexibility index (Phi) is 5.45. The maximum atomic E-state index is 6.03. The lowest BCUT2D eigenvalue weighted by molar-refractivity contribution is 0.285. The standard InChI is InChI=1S/C23H22N6OS/c24-8-7-21-28-22(26-12-17-11-25-14-31-17)10-23(29-21)30-13-16-9-18(16)20-6-5-15-3-1-2-4-19(15)27-20/h1-8,10-11,14,16,18H,9,12-13,24H2,(H,26,28,29)/t16-,18+/m1/s1. The molecule has 3 N–H and O–H groups in total. The maximum Gasteiger partial charge on any atom is 0.219 e. The molecule has 0 radical (unpaired) electrons. The quantitative estimate of drug-likeness (QED) is 0.432. The number of fused-ring (bicyclic) bond motifs is 1. The molecule has 3 aromatic heterocycles. The van der Waals surface area contributed by atoms with Crippen LogP contribution in [0.5, 0.6) is 5.88 Å². The molecule has 2 atom stereocenters. The average Bonchev–Trinajstić information content (AvgIpc) is 3.39. The van der Waals surface area contributed by atoms with Crippen LogP contribution in [-0.4, -0.2) is 26.5 Å². The number of ether oxygens (including phenoxy) is 1. The Morgan fingerprint density at radius 2 is 2.10 bits per heavy atom. The van der Waals surface area contributed by atoms with Gasteiger partial charge < -0.3 is 15.8 Å². The monoisotopic (exact) mass is 430 g/mol. The molecule has 0 bridgehead atoms. The van der Waals surface area contributed by atoms with Gasteiger partial charge >= 0.3 is 0 Å². The van der Waals surface area contributed by atoms with Gasteiger partial charge in [0, 0.05) is 40.1 Å². The van der Waals surface area contributed by atoms with Gasteiger partial charge in [0.05, 0.1) is 24.2 Å². The summed E-state index contributed by atoms with van der Waals surface area (Å²) in [4.78, 5) is 18.9. The third-order valence-corrected chi connectivity index (χ3v) is 6.04. The van der Waals surface area contributed by atoms with Gasteiger partial charge in [-0.3, -0.25) is 9.97 Å². The molecule has 0 amide bonds. The smallest absolute Gasteiger partial charge is 0.219 e. The second-order valence-electron chi connectivity index (χ2n) is 7.47. The minimum Gasteiger partial charge on any atom is -0.477 e. The summed E-state index contributed by atoms with van der Waals surface area (Å²) in [6, 6.07) is 14.3. The first kappa shape index (κ1) is 19.4. The summed E-state index contributed by atoms with van der Waals surface area (Å²) < 4.78 is 6.03. The number of nitrogens with two attached hydrogens (primary N) is 1. The molecule has 0 spiro atoms. The molecule has 8 heteroatoms. The predicted octanol–water partition coefficient (Wildman–Crippen LogP) is 4.21. The topological polar surface area (TPSA) is 98.8 Å². The molecule has 1 aliphatic carbocycles. The molecule has 31 heavy (non-hydrogen) atoms. The second-order valence-corrected chi connectivity index (χ2v) is 8.44. The molecule has 1 aliphatic rings. The molecular formula is C23H22N6OS. The Morgan fingerprint density at radius 1 is 1.16 bits per heavy atom. The van der Waals surface area contributed by atoms with Crippen LogP contribution in [0, 0.1) is 5.92 Å². The van der Waals surface area contributed by atoms with Gasteiger partial charge in [-0.2, -0.15) is 4.98 Å². The molecule has 0 saturated heterocycles. The summed E-state index contributed by atoms with van der Waals surface area (Å²) in [5.74, 6) is 2.60. The second kappa shape index (κ2) is 8.69. The molecular weight excluding hydrogens is 408 g/mol. The van der Waals surface area contributed by atoms with Crippen LogP contribution in [0.25, 0.3) is 17.0 Å². The number of thiazole rings is 1. The van der Waals surface area contributed by atoms with Crippen LogP contribution in [0.3, 0.4) is 0 Å². The van der Waals surface area contributed by atoms with E-state index in [0.29, 0.717) is 42.5 Å². The van der Waals surface area contributed by atoms with E-state index in [2.05, 4.69) is 44.5 Å². The van der Waals surface area contributed by atoms with Crippen molar-refractivity contribution in [3.63, 3.8) is 0 Å². The zero-order valence-electron chi connectivity index (χ0n) is 16.8. The Balaban J connectivity index is 1.24. The summed E-state index contributed by atoms with van der Waals surface area (Å²) in [7, 11) is 0. The number of nitrogens with zero attached hydrogens (tertiary/aromatic N) is 4. The van der Waals surface area contributed by atoms with Crippen molar-refractivity contribution in [3.8, 4) is 5.88 Å². The van der Waals surface area contributed by atoms with Crippen molar-refractivity contribution in [1.29, 1.82) is 0 Å². The minimum absolute atomic E-state index is 0.429. The van der Waals surface area contributed by atoms with E-state index >= 15 is 0 Å². The Bertz CT molecular complexity index is 1210. The zero-order chi connectivity index (χ0) is 21.0. The summed E-state index contributed by atoms with van der Waals surface area (Å²) in [5.41, 5.74) is 9.51. The van der Waals surface area contributed by atoms with Gasteiger partial charge in [-0.05, 0) is 30.8 Å². The van der Waals surface area contributed by atoms with E-state index in [0.717, 1.165) is 22.5 Å². The van der Waals surface area contributed by atoms with E-state index < -0.39 is 0 Å². The lowest BCUT2D eigenvalue weighted by atomic mass is 10.1. The minimum atomic E-state index is 0.429. The summed E-state index contributed by atoms with van der Waals surface area (Å²) in [6.45, 7) is 1.24. The normalized spacial score (nSPS) is 17.8. The average molecular weight is 431 g/mol. The first-order valence-electron chi connectivity index (χ1n) is 10.2. The zero-order valence-corrected chi connectivity index (χ0v) is 17.6. The van der Waals surface area contributed by atoms with Crippen LogP contribution in [0.4, 0.5) is 5.82 Å². The number of para-hydroxylation sites is 1. The van der Waals surface area contributed by atoms with Crippen molar-refractivity contribution < 1.29 is 4.74 Å². The molecule has 4 aromatic rings. The number of rotatable bonds is 8. The number of hydrogen-bond donors (Lipinski definition) is 2. The van der Waals surface area contributed by atoms with Gasteiger partial charge in [0.15, 0.2) is 5.82 Å². The van der Waals surface area contributed by atoms with E-state index in [1.165, 1.54) is 11.6 Å². The highest BCUT2D eigenvalue weighted by atomic mass is 32.1. The highest BCUT2D eigenvalue weighted by Gasteiger charge is 2.40. The van der Waals surface area contributed by atoms with Crippen molar-refractivity contribution in [2.24, 2.45) is 11.7 Å². The van der Waals surface area contributed by atoms with Crippen molar-refractivity contribution in [2.75, 3.05) is 11.9 Å². The maximum absolute atomic E-state index is 6.03. The predicted molar refractivity (Wildman–Crippen MR) is 123 cm³/mol. The van der Waals surface area contributed by atoms with E-state index in [4.69, 9.17) is 15.5 Å². The fraction of sp³-hybridized carbons (Fsp3) is 0.217. The largest absolute Gasteiger partial charge is 0.477 e. The van der Waals surface area contributed by atoms with Crippen LogP contribution in [0.2, 0.25) is 0 Å². The fourth-order valence-electron chi connectivity index (χ4n) is 3.55. The number of hydrogen-bond acceptors (Lipinski definition) is 8. The third kappa shape index (κ3) is 4.64. The molecule has 0 unspecified atom stereocenters. The molecule has 0 aliphatic heterocycles. The van der Waals surface area contributed by atoms with E-state index in [-0.39, 0.29) is 0 Å². The molecule has 1 saturated carbocycles. The number of anilines is 1. The van der Waals surface area contributed by atoms with Gasteiger partial charge in [0.1, 0.15) is 5.82 Å².